The molecule has 0 saturated heterocycles. The molecule has 0 unspecified atom stereocenters. The minimum absolute atomic E-state index is 0.0484. The molecular formula is C49H34. The number of fused-ring (bicyclic) bond motifs is 7. The average molecular weight is 623 g/mol. The van der Waals surface area contributed by atoms with Gasteiger partial charge in [0.05, 0.1) is 0 Å². The molecule has 1 aliphatic carbocycles. The second-order valence-corrected chi connectivity index (χ2v) is 14.0. The highest BCUT2D eigenvalue weighted by atomic mass is 14.4. The van der Waals surface area contributed by atoms with E-state index in [9.17, 15) is 0 Å². The molecule has 1 aliphatic rings. The van der Waals surface area contributed by atoms with Crippen LogP contribution < -0.4 is 0 Å². The van der Waals surface area contributed by atoms with E-state index in [0.29, 0.717) is 0 Å². The quantitative estimate of drug-likeness (QED) is 0.172. The Kier molecular flexibility index (Phi) is 6.02. The zero-order chi connectivity index (χ0) is 32.7. The van der Waals surface area contributed by atoms with Gasteiger partial charge in [0.25, 0.3) is 0 Å². The van der Waals surface area contributed by atoms with Gasteiger partial charge in [-0.2, -0.15) is 0 Å². The first kappa shape index (κ1) is 28.1. The number of rotatable bonds is 3. The van der Waals surface area contributed by atoms with E-state index in [0.717, 1.165) is 0 Å². The largest absolute Gasteiger partial charge is 0.0622 e. The zero-order valence-electron chi connectivity index (χ0n) is 27.7. The van der Waals surface area contributed by atoms with Gasteiger partial charge in [0.2, 0.25) is 0 Å². The van der Waals surface area contributed by atoms with Crippen LogP contribution in [0, 0.1) is 0 Å². The molecule has 0 N–H and O–H groups in total. The summed E-state index contributed by atoms with van der Waals surface area (Å²) in [6.07, 6.45) is 0. The lowest BCUT2D eigenvalue weighted by Gasteiger charge is -2.22. The van der Waals surface area contributed by atoms with Gasteiger partial charge >= 0.3 is 0 Å². The van der Waals surface area contributed by atoms with Crippen molar-refractivity contribution in [2.75, 3.05) is 0 Å². The van der Waals surface area contributed by atoms with Gasteiger partial charge in [0.15, 0.2) is 0 Å². The second kappa shape index (κ2) is 10.5. The third-order valence-electron chi connectivity index (χ3n) is 11.1. The summed E-state index contributed by atoms with van der Waals surface area (Å²) in [4.78, 5) is 0. The third-order valence-corrected chi connectivity index (χ3v) is 11.1. The average Bonchev–Trinajstić information content (AvgIpc) is 3.38. The predicted molar refractivity (Wildman–Crippen MR) is 210 cm³/mol. The molecule has 0 radical (unpaired) electrons. The topological polar surface area (TPSA) is 0 Å². The summed E-state index contributed by atoms with van der Waals surface area (Å²) in [5.41, 5.74) is 13.2. The molecule has 49 heavy (non-hydrogen) atoms. The van der Waals surface area contributed by atoms with Crippen molar-refractivity contribution in [3.8, 4) is 44.5 Å². The summed E-state index contributed by atoms with van der Waals surface area (Å²) in [5.74, 6) is 0. The standard InChI is InChI=1S/C49H34/c1-49(2)45-26-13-12-20-37(45)44-29-32-17-14-25-35(43(32)30-46(44)49)36-27-28-42(34-19-7-6-18-33(34)36)48-40-23-10-8-21-38(40)47(31-15-4-3-5-16-31)39-22-9-11-24-41(39)48/h3-30H,1-2H3. The van der Waals surface area contributed by atoms with Crippen molar-refractivity contribution < 1.29 is 0 Å². The summed E-state index contributed by atoms with van der Waals surface area (Å²) in [6, 6.07) is 63.1. The number of benzene rings is 9. The van der Waals surface area contributed by atoms with Crippen LogP contribution in [0.15, 0.2) is 170 Å². The molecule has 0 amide bonds. The second-order valence-electron chi connectivity index (χ2n) is 14.0. The molecule has 0 aliphatic heterocycles. The number of hydrogen-bond acceptors (Lipinski definition) is 0. The minimum Gasteiger partial charge on any atom is -0.0622 e. The van der Waals surface area contributed by atoms with Crippen LogP contribution in [-0.4, -0.2) is 0 Å². The van der Waals surface area contributed by atoms with Gasteiger partial charge in [-0.15, -0.1) is 0 Å². The van der Waals surface area contributed by atoms with Crippen LogP contribution >= 0.6 is 0 Å². The van der Waals surface area contributed by atoms with Crippen LogP contribution in [0.2, 0.25) is 0 Å². The molecule has 0 aromatic heterocycles. The van der Waals surface area contributed by atoms with Crippen LogP contribution in [0.5, 0.6) is 0 Å². The van der Waals surface area contributed by atoms with Crippen molar-refractivity contribution in [1.82, 2.24) is 0 Å². The summed E-state index contributed by atoms with van der Waals surface area (Å²) < 4.78 is 0. The van der Waals surface area contributed by atoms with Gasteiger partial charge in [-0.3, -0.25) is 0 Å². The highest BCUT2D eigenvalue weighted by molar-refractivity contribution is 6.24. The van der Waals surface area contributed by atoms with Crippen LogP contribution in [-0.2, 0) is 5.41 Å². The van der Waals surface area contributed by atoms with Gasteiger partial charge in [0, 0.05) is 5.41 Å². The fourth-order valence-electron chi connectivity index (χ4n) is 8.79. The Morgan fingerprint density at radius 2 is 0.816 bits per heavy atom. The van der Waals surface area contributed by atoms with Crippen molar-refractivity contribution in [3.05, 3.63) is 181 Å². The Bertz CT molecular complexity index is 2720. The molecule has 0 heteroatoms. The molecule has 0 fully saturated rings. The molecule has 0 heterocycles. The predicted octanol–water partition coefficient (Wildman–Crippen LogP) is 13.6. The fourth-order valence-corrected chi connectivity index (χ4v) is 8.79. The first-order valence-electron chi connectivity index (χ1n) is 17.3. The third kappa shape index (κ3) is 4.04. The highest BCUT2D eigenvalue weighted by Gasteiger charge is 2.35. The van der Waals surface area contributed by atoms with Crippen molar-refractivity contribution in [3.63, 3.8) is 0 Å². The van der Waals surface area contributed by atoms with Crippen molar-refractivity contribution in [2.45, 2.75) is 19.3 Å². The molecule has 9 aromatic rings. The lowest BCUT2D eigenvalue weighted by Crippen LogP contribution is -2.14. The first-order valence-corrected chi connectivity index (χ1v) is 17.3. The molecule has 230 valence electrons. The molecular weight excluding hydrogens is 589 g/mol. The maximum absolute atomic E-state index is 2.48. The Morgan fingerprint density at radius 3 is 1.51 bits per heavy atom. The molecule has 9 aromatic carbocycles. The van der Waals surface area contributed by atoms with Crippen molar-refractivity contribution in [2.24, 2.45) is 0 Å². The monoisotopic (exact) mass is 622 g/mol. The lowest BCUT2D eigenvalue weighted by molar-refractivity contribution is 0.661. The van der Waals surface area contributed by atoms with E-state index in [-0.39, 0.29) is 5.41 Å². The van der Waals surface area contributed by atoms with Gasteiger partial charge in [0.1, 0.15) is 0 Å². The van der Waals surface area contributed by atoms with Gasteiger partial charge in [-0.1, -0.05) is 172 Å². The molecule has 0 nitrogen and oxygen atoms in total. The fraction of sp³-hybridized carbons (Fsp3) is 0.0612. The Balaban J connectivity index is 1.24. The summed E-state index contributed by atoms with van der Waals surface area (Å²) >= 11 is 0. The molecule has 0 atom stereocenters. The Morgan fingerprint density at radius 1 is 0.306 bits per heavy atom. The van der Waals surface area contributed by atoms with Crippen LogP contribution in [0.4, 0.5) is 0 Å². The summed E-state index contributed by atoms with van der Waals surface area (Å²) in [6.45, 7) is 4.74. The van der Waals surface area contributed by atoms with Crippen LogP contribution in [0.1, 0.15) is 25.0 Å². The maximum Gasteiger partial charge on any atom is 0.0159 e. The van der Waals surface area contributed by atoms with E-state index >= 15 is 0 Å². The summed E-state index contributed by atoms with van der Waals surface area (Å²) in [5, 5.41) is 10.3. The zero-order valence-corrected chi connectivity index (χ0v) is 27.7. The SMILES string of the molecule is CC1(C)c2ccccc2-c2cc3cccc(-c4ccc(-c5c6ccccc6c(-c6ccccc6)c6ccccc56)c5ccccc45)c3cc21. The number of hydrogen-bond donors (Lipinski definition) is 0. The Hall–Kier alpha value is -5.98. The molecule has 10 rings (SSSR count). The van der Waals surface area contributed by atoms with Crippen LogP contribution in [0.25, 0.3) is 87.6 Å². The minimum atomic E-state index is -0.0484. The van der Waals surface area contributed by atoms with E-state index in [1.165, 1.54) is 98.7 Å². The van der Waals surface area contributed by atoms with E-state index in [4.69, 9.17) is 0 Å². The van der Waals surface area contributed by atoms with Gasteiger partial charge < -0.3 is 0 Å². The van der Waals surface area contributed by atoms with E-state index in [1.54, 1.807) is 0 Å². The highest BCUT2D eigenvalue weighted by Crippen LogP contribution is 2.51. The maximum atomic E-state index is 2.48. The molecule has 0 spiro atoms. The van der Waals surface area contributed by atoms with E-state index in [1.807, 2.05) is 0 Å². The van der Waals surface area contributed by atoms with Gasteiger partial charge in [-0.25, -0.2) is 0 Å². The molecule has 0 bridgehead atoms. The summed E-state index contributed by atoms with van der Waals surface area (Å²) in [7, 11) is 0. The normalized spacial score (nSPS) is 13.3. The van der Waals surface area contributed by atoms with Crippen molar-refractivity contribution >= 4 is 43.1 Å². The van der Waals surface area contributed by atoms with Crippen LogP contribution in [0.3, 0.4) is 0 Å². The smallest absolute Gasteiger partial charge is 0.0159 e. The lowest BCUT2D eigenvalue weighted by atomic mass is 9.81. The first-order chi connectivity index (χ1) is 24.1. The van der Waals surface area contributed by atoms with E-state index in [2.05, 4.69) is 184 Å². The van der Waals surface area contributed by atoms with E-state index < -0.39 is 0 Å². The van der Waals surface area contributed by atoms with Crippen molar-refractivity contribution in [1.29, 1.82) is 0 Å². The Labute approximate surface area is 286 Å². The van der Waals surface area contributed by atoms with Gasteiger partial charge in [-0.05, 0) is 111 Å². The molecule has 0 saturated carbocycles.